The second kappa shape index (κ2) is 11.6. The summed E-state index contributed by atoms with van der Waals surface area (Å²) in [5.41, 5.74) is 8.69. The van der Waals surface area contributed by atoms with Crippen LogP contribution in [0.1, 0.15) is 22.3 Å². The van der Waals surface area contributed by atoms with E-state index in [1.54, 1.807) is 0 Å². The van der Waals surface area contributed by atoms with Crippen LogP contribution in [-0.4, -0.2) is 0 Å². The van der Waals surface area contributed by atoms with Crippen molar-refractivity contribution in [2.24, 2.45) is 0 Å². The molecule has 0 unspecified atom stereocenters. The standard InChI is InChI=1S/C34H20I2/c35-33-18-14-25(15-19-33)10-12-27-4-1-6-29(22-27)31-8-3-9-32(24-31)30-7-2-5-28(23-30)13-11-26-16-20-34(36)21-17-26/h1-9,14-24H. The first-order chi connectivity index (χ1) is 17.6. The van der Waals surface area contributed by atoms with E-state index < -0.39 is 0 Å². The van der Waals surface area contributed by atoms with Crippen molar-refractivity contribution in [1.29, 1.82) is 0 Å². The molecule has 0 aromatic heterocycles. The van der Waals surface area contributed by atoms with Crippen molar-refractivity contribution >= 4 is 45.2 Å². The van der Waals surface area contributed by atoms with Crippen molar-refractivity contribution in [1.82, 2.24) is 0 Å². The number of hydrogen-bond donors (Lipinski definition) is 0. The number of benzene rings is 5. The average Bonchev–Trinajstić information content (AvgIpc) is 2.93. The van der Waals surface area contributed by atoms with Gasteiger partial charge in [0.15, 0.2) is 0 Å². The molecule has 0 N–H and O–H groups in total. The van der Waals surface area contributed by atoms with E-state index in [1.807, 2.05) is 0 Å². The second-order valence-electron chi connectivity index (χ2n) is 8.26. The van der Waals surface area contributed by atoms with Crippen molar-refractivity contribution in [3.05, 3.63) is 151 Å². The van der Waals surface area contributed by atoms with Crippen molar-refractivity contribution in [3.63, 3.8) is 0 Å². The van der Waals surface area contributed by atoms with E-state index >= 15 is 0 Å². The van der Waals surface area contributed by atoms with Crippen molar-refractivity contribution in [2.45, 2.75) is 0 Å². The Morgan fingerprint density at radius 2 is 0.667 bits per heavy atom. The summed E-state index contributed by atoms with van der Waals surface area (Å²) in [4.78, 5) is 0. The first kappa shape index (κ1) is 24.4. The van der Waals surface area contributed by atoms with E-state index in [-0.39, 0.29) is 0 Å². The minimum absolute atomic E-state index is 1.00. The molecule has 0 saturated heterocycles. The smallest absolute Gasteiger partial charge is 0.0255 e. The van der Waals surface area contributed by atoms with Crippen molar-refractivity contribution in [3.8, 4) is 45.9 Å². The highest BCUT2D eigenvalue weighted by atomic mass is 127. The Kier molecular flexibility index (Phi) is 7.86. The lowest BCUT2D eigenvalue weighted by molar-refractivity contribution is 1.56. The average molecular weight is 682 g/mol. The van der Waals surface area contributed by atoms with Crippen LogP contribution in [0.4, 0.5) is 0 Å². The summed E-state index contributed by atoms with van der Waals surface area (Å²) in [7, 11) is 0. The monoisotopic (exact) mass is 682 g/mol. The zero-order valence-corrected chi connectivity index (χ0v) is 23.6. The lowest BCUT2D eigenvalue weighted by Crippen LogP contribution is -1.84. The minimum Gasteiger partial charge on any atom is -0.0617 e. The Balaban J connectivity index is 1.40. The topological polar surface area (TPSA) is 0 Å². The fraction of sp³-hybridized carbons (Fsp3) is 0. The van der Waals surface area contributed by atoms with Gasteiger partial charge in [0.2, 0.25) is 0 Å². The molecule has 5 aromatic carbocycles. The zero-order chi connectivity index (χ0) is 24.7. The summed E-state index contributed by atoms with van der Waals surface area (Å²) in [6, 6.07) is 42.0. The summed E-state index contributed by atoms with van der Waals surface area (Å²) in [6.07, 6.45) is 0. The normalized spacial score (nSPS) is 10.1. The Hall–Kier alpha value is -3.32. The number of halogens is 2. The SMILES string of the molecule is Ic1ccc(C#Cc2cccc(-c3cccc(-c4cccc(C#Cc5ccc(I)cc5)c4)c3)c2)cc1. The molecular formula is C34H20I2. The molecule has 36 heavy (non-hydrogen) atoms. The summed E-state index contributed by atoms with van der Waals surface area (Å²) >= 11 is 4.62. The van der Waals surface area contributed by atoms with Gasteiger partial charge in [-0.25, -0.2) is 0 Å². The first-order valence-electron chi connectivity index (χ1n) is 11.5. The molecule has 170 valence electrons. The molecule has 0 spiro atoms. The minimum atomic E-state index is 1.00. The first-order valence-corrected chi connectivity index (χ1v) is 13.6. The van der Waals surface area contributed by atoms with Gasteiger partial charge in [-0.1, -0.05) is 66.1 Å². The summed E-state index contributed by atoms with van der Waals surface area (Å²) < 4.78 is 2.42. The van der Waals surface area contributed by atoms with Crippen LogP contribution in [0.3, 0.4) is 0 Å². The summed E-state index contributed by atoms with van der Waals surface area (Å²) in [5, 5.41) is 0. The molecule has 0 radical (unpaired) electrons. The maximum absolute atomic E-state index is 3.31. The molecule has 5 aromatic rings. The van der Waals surface area contributed by atoms with Crippen LogP contribution >= 0.6 is 45.2 Å². The fourth-order valence-corrected chi connectivity index (χ4v) is 4.51. The van der Waals surface area contributed by atoms with Gasteiger partial charge in [-0.15, -0.1) is 0 Å². The van der Waals surface area contributed by atoms with E-state index in [4.69, 9.17) is 0 Å². The van der Waals surface area contributed by atoms with Crippen LogP contribution < -0.4 is 0 Å². The van der Waals surface area contributed by atoms with Crippen molar-refractivity contribution < 1.29 is 0 Å². The van der Waals surface area contributed by atoms with Crippen molar-refractivity contribution in [2.75, 3.05) is 0 Å². The molecule has 0 heterocycles. The van der Waals surface area contributed by atoms with Crippen LogP contribution in [0.15, 0.2) is 121 Å². The van der Waals surface area contributed by atoms with Gasteiger partial charge in [-0.3, -0.25) is 0 Å². The highest BCUT2D eigenvalue weighted by Crippen LogP contribution is 2.27. The Morgan fingerprint density at radius 3 is 1.08 bits per heavy atom. The summed E-state index contributed by atoms with van der Waals surface area (Å²) in [5.74, 6) is 13.2. The number of rotatable bonds is 2. The van der Waals surface area contributed by atoms with Gasteiger partial charge in [0.1, 0.15) is 0 Å². The molecule has 0 amide bonds. The van der Waals surface area contributed by atoms with Gasteiger partial charge in [0.05, 0.1) is 0 Å². The maximum Gasteiger partial charge on any atom is 0.0255 e. The molecule has 0 aliphatic heterocycles. The van der Waals surface area contributed by atoms with Gasteiger partial charge < -0.3 is 0 Å². The second-order valence-corrected chi connectivity index (χ2v) is 10.7. The highest BCUT2D eigenvalue weighted by Gasteiger charge is 2.03. The van der Waals surface area contributed by atoms with E-state index in [9.17, 15) is 0 Å². The van der Waals surface area contributed by atoms with Crippen LogP contribution in [0, 0.1) is 30.8 Å². The highest BCUT2D eigenvalue weighted by molar-refractivity contribution is 14.1. The third kappa shape index (κ3) is 6.46. The molecule has 0 aliphatic carbocycles. The molecule has 5 rings (SSSR count). The van der Waals surface area contributed by atoms with Gasteiger partial charge in [-0.2, -0.15) is 0 Å². The molecule has 0 nitrogen and oxygen atoms in total. The summed E-state index contributed by atoms with van der Waals surface area (Å²) in [6.45, 7) is 0. The predicted octanol–water partition coefficient (Wildman–Crippen LogP) is 9.03. The van der Waals surface area contributed by atoms with Gasteiger partial charge in [0, 0.05) is 29.4 Å². The van der Waals surface area contributed by atoms with E-state index in [2.05, 4.69) is 190 Å². The molecule has 0 bridgehead atoms. The fourth-order valence-electron chi connectivity index (χ4n) is 3.79. The van der Waals surface area contributed by atoms with E-state index in [0.717, 1.165) is 33.4 Å². The third-order valence-electron chi connectivity index (χ3n) is 5.65. The van der Waals surface area contributed by atoms with Crippen LogP contribution in [0.2, 0.25) is 0 Å². The molecule has 0 aliphatic rings. The van der Waals surface area contributed by atoms with Crippen LogP contribution in [0.5, 0.6) is 0 Å². The maximum atomic E-state index is 3.31. The van der Waals surface area contributed by atoms with Crippen LogP contribution in [0.25, 0.3) is 22.3 Å². The van der Waals surface area contributed by atoms with Gasteiger partial charge >= 0.3 is 0 Å². The Labute approximate surface area is 240 Å². The Morgan fingerprint density at radius 1 is 0.333 bits per heavy atom. The zero-order valence-electron chi connectivity index (χ0n) is 19.3. The predicted molar refractivity (Wildman–Crippen MR) is 168 cm³/mol. The molecular weight excluding hydrogens is 662 g/mol. The molecule has 0 atom stereocenters. The molecule has 0 saturated carbocycles. The lowest BCUT2D eigenvalue weighted by atomic mass is 9.97. The van der Waals surface area contributed by atoms with E-state index in [1.165, 1.54) is 18.3 Å². The van der Waals surface area contributed by atoms with E-state index in [0.29, 0.717) is 0 Å². The van der Waals surface area contributed by atoms with Gasteiger partial charge in [-0.05, 0) is 146 Å². The van der Waals surface area contributed by atoms with Crippen LogP contribution in [-0.2, 0) is 0 Å². The molecule has 0 fully saturated rings. The quantitative estimate of drug-likeness (QED) is 0.129. The largest absolute Gasteiger partial charge is 0.0617 e. The third-order valence-corrected chi connectivity index (χ3v) is 7.08. The molecule has 2 heteroatoms. The lowest BCUT2D eigenvalue weighted by Gasteiger charge is -2.07. The Bertz CT molecular complexity index is 1520. The van der Waals surface area contributed by atoms with Gasteiger partial charge in [0.25, 0.3) is 0 Å². The number of hydrogen-bond acceptors (Lipinski definition) is 0.